The largest absolute Gasteiger partial charge is 0.459 e. The maximum atomic E-state index is 12.2. The molecule has 3 nitrogen and oxygen atoms in total. The van der Waals surface area contributed by atoms with Crippen LogP contribution in [0.5, 0.6) is 0 Å². The maximum Gasteiger partial charge on any atom is 0.309 e. The molecule has 3 heteroatoms. The number of carbonyl (C=O) groups excluding carboxylic acids is 1. The molecular weight excluding hydrogens is 238 g/mol. The third kappa shape index (κ3) is 1.63. The number of rotatable bonds is 7. The van der Waals surface area contributed by atoms with Gasteiger partial charge in [-0.3, -0.25) is 4.79 Å². The van der Waals surface area contributed by atoms with E-state index in [1.807, 2.05) is 0 Å². The van der Waals surface area contributed by atoms with E-state index >= 15 is 0 Å². The summed E-state index contributed by atoms with van der Waals surface area (Å²) in [6.07, 6.45) is 5.10. The molecule has 3 aliphatic rings. The van der Waals surface area contributed by atoms with Crippen LogP contribution in [-0.2, 0) is 9.53 Å². The van der Waals surface area contributed by atoms with Gasteiger partial charge in [-0.15, -0.1) is 0 Å². The third-order valence-electron chi connectivity index (χ3n) is 7.00. The van der Waals surface area contributed by atoms with Crippen LogP contribution in [0.2, 0.25) is 0 Å². The molecule has 0 heterocycles. The zero-order chi connectivity index (χ0) is 13.7. The van der Waals surface area contributed by atoms with Gasteiger partial charge in [0.25, 0.3) is 0 Å². The lowest BCUT2D eigenvalue weighted by atomic mass is 9.53. The van der Waals surface area contributed by atoms with Crippen LogP contribution >= 0.6 is 0 Å². The van der Waals surface area contributed by atoms with Crippen LogP contribution in [0.15, 0.2) is 0 Å². The molecule has 0 spiro atoms. The van der Waals surface area contributed by atoms with E-state index < -0.39 is 0 Å². The van der Waals surface area contributed by atoms with E-state index in [9.17, 15) is 4.79 Å². The fourth-order valence-corrected chi connectivity index (χ4v) is 4.93. The van der Waals surface area contributed by atoms with Crippen LogP contribution in [0.25, 0.3) is 0 Å². The van der Waals surface area contributed by atoms with E-state index in [0.29, 0.717) is 17.4 Å². The predicted molar refractivity (Wildman–Crippen MR) is 74.5 cm³/mol. The zero-order valence-electron chi connectivity index (χ0n) is 12.7. The summed E-state index contributed by atoms with van der Waals surface area (Å²) >= 11 is 0. The van der Waals surface area contributed by atoms with Gasteiger partial charge in [-0.2, -0.15) is 0 Å². The Balaban J connectivity index is 1.44. The number of carbonyl (C=O) groups is 1. The Morgan fingerprint density at radius 2 is 1.89 bits per heavy atom. The summed E-state index contributed by atoms with van der Waals surface area (Å²) in [4.78, 5) is 12.2. The van der Waals surface area contributed by atoms with Gasteiger partial charge >= 0.3 is 5.97 Å². The molecule has 3 unspecified atom stereocenters. The zero-order valence-corrected chi connectivity index (χ0v) is 12.7. The van der Waals surface area contributed by atoms with Gasteiger partial charge in [0, 0.05) is 0 Å². The van der Waals surface area contributed by atoms with Crippen LogP contribution in [0.3, 0.4) is 0 Å². The molecule has 0 saturated heterocycles. The summed E-state index contributed by atoms with van der Waals surface area (Å²) in [5.41, 5.74) is 1.07. The molecule has 0 bridgehead atoms. The molecule has 3 atom stereocenters. The average molecular weight is 266 g/mol. The number of nitrogens with zero attached hydrogens (tertiary/aromatic N) is 1. The average Bonchev–Trinajstić information content (AvgIpc) is 2.83. The number of ether oxygens (including phenoxy) is 1. The van der Waals surface area contributed by atoms with Crippen molar-refractivity contribution in [2.45, 2.75) is 46.5 Å². The first-order chi connectivity index (χ1) is 9.07. The van der Waals surface area contributed by atoms with Gasteiger partial charge in [0.15, 0.2) is 0 Å². The lowest BCUT2D eigenvalue weighted by Gasteiger charge is -2.50. The van der Waals surface area contributed by atoms with Gasteiger partial charge in [0.05, 0.1) is 25.6 Å². The highest BCUT2D eigenvalue weighted by atomic mass is 16.5. The topological polar surface area (TPSA) is 26.3 Å². The lowest BCUT2D eigenvalue weighted by molar-refractivity contribution is -0.923. The highest BCUT2D eigenvalue weighted by Crippen LogP contribution is 2.91. The molecule has 19 heavy (non-hydrogen) atoms. The number of esters is 1. The number of quaternary nitrogens is 1. The molecule has 108 valence electrons. The summed E-state index contributed by atoms with van der Waals surface area (Å²) in [5.74, 6) is 0.363. The summed E-state index contributed by atoms with van der Waals surface area (Å²) < 4.78 is 6.66. The smallest absolute Gasteiger partial charge is 0.309 e. The van der Waals surface area contributed by atoms with E-state index in [2.05, 4.69) is 20.8 Å². The maximum absolute atomic E-state index is 12.2. The van der Waals surface area contributed by atoms with Crippen molar-refractivity contribution in [3.8, 4) is 0 Å². The van der Waals surface area contributed by atoms with Gasteiger partial charge in [0.1, 0.15) is 13.2 Å². The van der Waals surface area contributed by atoms with Crippen molar-refractivity contribution in [2.75, 3.05) is 32.8 Å². The molecule has 0 aromatic rings. The Kier molecular flexibility index (Phi) is 2.97. The van der Waals surface area contributed by atoms with Crippen molar-refractivity contribution in [1.29, 1.82) is 0 Å². The normalized spacial score (nSPS) is 38.6. The molecule has 0 aromatic carbocycles. The highest BCUT2D eigenvalue weighted by Gasteiger charge is 2.85. The van der Waals surface area contributed by atoms with E-state index in [1.165, 1.54) is 19.3 Å². The van der Waals surface area contributed by atoms with E-state index in [4.69, 9.17) is 4.74 Å². The van der Waals surface area contributed by atoms with Gasteiger partial charge in [-0.05, 0) is 57.3 Å². The van der Waals surface area contributed by atoms with Crippen molar-refractivity contribution in [1.82, 2.24) is 0 Å². The second-order valence-electron chi connectivity index (χ2n) is 7.05. The van der Waals surface area contributed by atoms with Gasteiger partial charge < -0.3 is 9.22 Å². The number of hydrogen-bond donors (Lipinski definition) is 0. The van der Waals surface area contributed by atoms with Gasteiger partial charge in [-0.1, -0.05) is 0 Å². The van der Waals surface area contributed by atoms with E-state index in [1.54, 1.807) is 0 Å². The van der Waals surface area contributed by atoms with Crippen LogP contribution in [0, 0.1) is 16.7 Å². The first-order valence-corrected chi connectivity index (χ1v) is 8.09. The molecular formula is C16H28NO2+. The summed E-state index contributed by atoms with van der Waals surface area (Å²) in [7, 11) is 0. The van der Waals surface area contributed by atoms with Gasteiger partial charge in [-0.25, -0.2) is 0 Å². The molecule has 0 aromatic heterocycles. The molecule has 0 amide bonds. The van der Waals surface area contributed by atoms with Crippen molar-refractivity contribution in [3.63, 3.8) is 0 Å². The highest BCUT2D eigenvalue weighted by molar-refractivity contribution is 5.77. The van der Waals surface area contributed by atoms with Crippen molar-refractivity contribution in [2.24, 2.45) is 16.7 Å². The molecule has 3 rings (SSSR count). The lowest BCUT2D eigenvalue weighted by Crippen LogP contribution is -2.51. The standard InChI is InChI=1S/C16H28NO2/c1-4-17(5-2,6-3)9-10-19-14(18)13-11-15-7-8-16(13,15)12-15/h13H,4-12H2,1-3H3/q+1. The Morgan fingerprint density at radius 1 is 1.21 bits per heavy atom. The molecule has 3 saturated carbocycles. The molecule has 0 aliphatic heterocycles. The summed E-state index contributed by atoms with van der Waals surface area (Å²) in [5, 5.41) is 0. The minimum Gasteiger partial charge on any atom is -0.459 e. The Hall–Kier alpha value is -0.570. The quantitative estimate of drug-likeness (QED) is 0.523. The number of likely N-dealkylation sites (N-methyl/N-ethyl adjacent to an activating group) is 1. The fourth-order valence-electron chi connectivity index (χ4n) is 4.93. The first-order valence-electron chi connectivity index (χ1n) is 8.09. The Labute approximate surface area is 116 Å². The Morgan fingerprint density at radius 3 is 2.26 bits per heavy atom. The Bertz CT molecular complexity index is 382. The monoisotopic (exact) mass is 266 g/mol. The van der Waals surface area contributed by atoms with Crippen LogP contribution in [-0.4, -0.2) is 43.2 Å². The molecule has 3 fully saturated rings. The van der Waals surface area contributed by atoms with Crippen LogP contribution in [0.1, 0.15) is 46.5 Å². The van der Waals surface area contributed by atoms with Crippen LogP contribution < -0.4 is 0 Å². The summed E-state index contributed by atoms with van der Waals surface area (Å²) in [6, 6.07) is 0. The van der Waals surface area contributed by atoms with Crippen molar-refractivity contribution in [3.05, 3.63) is 0 Å². The van der Waals surface area contributed by atoms with Crippen molar-refractivity contribution < 1.29 is 14.0 Å². The van der Waals surface area contributed by atoms with Gasteiger partial charge in [0.2, 0.25) is 0 Å². The molecule has 0 N–H and O–H groups in total. The molecule has 0 radical (unpaired) electrons. The fraction of sp³-hybridized carbons (Fsp3) is 0.938. The van der Waals surface area contributed by atoms with E-state index in [-0.39, 0.29) is 11.9 Å². The van der Waals surface area contributed by atoms with Crippen molar-refractivity contribution >= 4 is 5.97 Å². The first kappa shape index (κ1) is 13.4. The predicted octanol–water partition coefficient (Wildman–Crippen LogP) is 2.60. The van der Waals surface area contributed by atoms with E-state index in [0.717, 1.165) is 37.1 Å². The second kappa shape index (κ2) is 4.21. The minimum absolute atomic E-state index is 0.106. The summed E-state index contributed by atoms with van der Waals surface area (Å²) in [6.45, 7) is 11.6. The third-order valence-corrected chi connectivity index (χ3v) is 7.00. The molecule has 3 aliphatic carbocycles. The van der Waals surface area contributed by atoms with Crippen LogP contribution in [0.4, 0.5) is 0 Å². The minimum atomic E-state index is 0.106. The second-order valence-corrected chi connectivity index (χ2v) is 7.05. The number of hydrogen-bond acceptors (Lipinski definition) is 2. The SMILES string of the molecule is CC[N+](CC)(CC)CCOC(=O)C1CC23CCC12C3.